The van der Waals surface area contributed by atoms with Gasteiger partial charge in [0.1, 0.15) is 11.6 Å². The smallest absolute Gasteiger partial charge is 0.326 e. The van der Waals surface area contributed by atoms with Gasteiger partial charge in [-0.3, -0.25) is 4.79 Å². The SMILES string of the molecule is O=C(N[C@@H](Cc1ccccc1)C(=O)O)c1cc2ccccc2o1. The van der Waals surface area contributed by atoms with Crippen LogP contribution in [0.1, 0.15) is 16.1 Å². The fourth-order valence-corrected chi connectivity index (χ4v) is 2.37. The van der Waals surface area contributed by atoms with Crippen LogP contribution in [-0.2, 0) is 11.2 Å². The van der Waals surface area contributed by atoms with Crippen molar-refractivity contribution >= 4 is 22.8 Å². The Morgan fingerprint density at radius 3 is 2.43 bits per heavy atom. The number of carboxylic acid groups (broad SMARTS) is 1. The number of rotatable bonds is 5. The Bertz CT molecular complexity index is 805. The highest BCUT2D eigenvalue weighted by molar-refractivity contribution is 5.97. The first-order valence-electron chi connectivity index (χ1n) is 7.19. The zero-order chi connectivity index (χ0) is 16.2. The predicted octanol–water partition coefficient (Wildman–Crippen LogP) is 2.86. The van der Waals surface area contributed by atoms with E-state index in [0.29, 0.717) is 5.58 Å². The Balaban J connectivity index is 1.76. The van der Waals surface area contributed by atoms with Gasteiger partial charge in [-0.15, -0.1) is 0 Å². The fraction of sp³-hybridized carbons (Fsp3) is 0.111. The third kappa shape index (κ3) is 3.40. The van der Waals surface area contributed by atoms with Crippen molar-refractivity contribution < 1.29 is 19.1 Å². The minimum Gasteiger partial charge on any atom is -0.480 e. The summed E-state index contributed by atoms with van der Waals surface area (Å²) in [6.45, 7) is 0. The van der Waals surface area contributed by atoms with Gasteiger partial charge in [0.25, 0.3) is 5.91 Å². The molecule has 116 valence electrons. The van der Waals surface area contributed by atoms with Crippen LogP contribution in [0.3, 0.4) is 0 Å². The number of carboxylic acids is 1. The Hall–Kier alpha value is -3.08. The molecule has 1 amide bonds. The van der Waals surface area contributed by atoms with Crippen molar-refractivity contribution in [2.75, 3.05) is 0 Å². The van der Waals surface area contributed by atoms with Gasteiger partial charge in [-0.1, -0.05) is 48.5 Å². The highest BCUT2D eigenvalue weighted by Gasteiger charge is 2.22. The van der Waals surface area contributed by atoms with Gasteiger partial charge < -0.3 is 14.8 Å². The molecule has 1 heterocycles. The van der Waals surface area contributed by atoms with Crippen LogP contribution in [0.2, 0.25) is 0 Å². The summed E-state index contributed by atoms with van der Waals surface area (Å²) < 4.78 is 5.46. The second-order valence-corrected chi connectivity index (χ2v) is 5.20. The standard InChI is InChI=1S/C18H15NO4/c20-17(16-11-13-8-4-5-9-15(13)23-16)19-14(18(21)22)10-12-6-2-1-3-7-12/h1-9,11,14H,10H2,(H,19,20)(H,21,22)/t14-/m0/s1. The van der Waals surface area contributed by atoms with Gasteiger partial charge in [-0.25, -0.2) is 4.79 Å². The van der Waals surface area contributed by atoms with Gasteiger partial charge in [-0.2, -0.15) is 0 Å². The molecular formula is C18H15NO4. The monoisotopic (exact) mass is 309 g/mol. The first kappa shape index (κ1) is 14.8. The number of carbonyl (C=O) groups excluding carboxylic acids is 1. The van der Waals surface area contributed by atoms with Crippen molar-refractivity contribution in [3.8, 4) is 0 Å². The van der Waals surface area contributed by atoms with Crippen LogP contribution >= 0.6 is 0 Å². The van der Waals surface area contributed by atoms with Gasteiger partial charge >= 0.3 is 5.97 Å². The van der Waals surface area contributed by atoms with Crippen LogP contribution in [-0.4, -0.2) is 23.0 Å². The van der Waals surface area contributed by atoms with E-state index in [1.807, 2.05) is 48.5 Å². The summed E-state index contributed by atoms with van der Waals surface area (Å²) in [5, 5.41) is 12.6. The van der Waals surface area contributed by atoms with Crippen LogP contribution < -0.4 is 5.32 Å². The molecule has 0 saturated carbocycles. The van der Waals surface area contributed by atoms with E-state index >= 15 is 0 Å². The minimum atomic E-state index is -1.08. The number of para-hydroxylation sites is 1. The van der Waals surface area contributed by atoms with Crippen molar-refractivity contribution in [2.45, 2.75) is 12.5 Å². The van der Waals surface area contributed by atoms with Crippen molar-refractivity contribution in [2.24, 2.45) is 0 Å². The zero-order valence-electron chi connectivity index (χ0n) is 12.2. The summed E-state index contributed by atoms with van der Waals surface area (Å²) >= 11 is 0. The Morgan fingerprint density at radius 2 is 1.74 bits per heavy atom. The molecule has 0 bridgehead atoms. The molecule has 2 aromatic carbocycles. The predicted molar refractivity (Wildman–Crippen MR) is 85.3 cm³/mol. The molecule has 0 spiro atoms. The number of hydrogen-bond donors (Lipinski definition) is 2. The van der Waals surface area contributed by atoms with Gasteiger partial charge in [0, 0.05) is 11.8 Å². The summed E-state index contributed by atoms with van der Waals surface area (Å²) in [7, 11) is 0. The van der Waals surface area contributed by atoms with Crippen LogP contribution in [0.4, 0.5) is 0 Å². The molecule has 5 nitrogen and oxygen atoms in total. The minimum absolute atomic E-state index is 0.102. The number of nitrogens with one attached hydrogen (secondary N) is 1. The lowest BCUT2D eigenvalue weighted by atomic mass is 10.1. The van der Waals surface area contributed by atoms with Crippen LogP contribution in [0, 0.1) is 0 Å². The lowest BCUT2D eigenvalue weighted by Gasteiger charge is -2.13. The quantitative estimate of drug-likeness (QED) is 0.759. The molecular weight excluding hydrogens is 294 g/mol. The maximum Gasteiger partial charge on any atom is 0.326 e. The van der Waals surface area contributed by atoms with Crippen molar-refractivity contribution in [3.05, 3.63) is 72.0 Å². The van der Waals surface area contributed by atoms with Crippen molar-refractivity contribution in [1.82, 2.24) is 5.32 Å². The molecule has 1 aromatic heterocycles. The molecule has 0 aliphatic rings. The molecule has 0 unspecified atom stereocenters. The van der Waals surface area contributed by atoms with Crippen LogP contribution in [0.15, 0.2) is 65.1 Å². The van der Waals surface area contributed by atoms with E-state index < -0.39 is 17.9 Å². The molecule has 2 N–H and O–H groups in total. The van der Waals surface area contributed by atoms with Gasteiger partial charge in [0.15, 0.2) is 5.76 Å². The first-order chi connectivity index (χ1) is 11.1. The number of carbonyl (C=O) groups is 2. The number of benzene rings is 2. The van der Waals surface area contributed by atoms with E-state index in [2.05, 4.69) is 5.32 Å². The molecule has 0 radical (unpaired) electrons. The van der Waals surface area contributed by atoms with E-state index in [9.17, 15) is 14.7 Å². The maximum atomic E-state index is 12.3. The van der Waals surface area contributed by atoms with E-state index in [1.54, 1.807) is 12.1 Å². The summed E-state index contributed by atoms with van der Waals surface area (Å²) in [5.41, 5.74) is 1.43. The highest BCUT2D eigenvalue weighted by Crippen LogP contribution is 2.18. The molecule has 0 saturated heterocycles. The average molecular weight is 309 g/mol. The van der Waals surface area contributed by atoms with Gasteiger partial charge in [0.05, 0.1) is 0 Å². The second-order valence-electron chi connectivity index (χ2n) is 5.20. The molecule has 1 atom stereocenters. The Labute approximate surface area is 132 Å². The Kier molecular flexibility index (Phi) is 4.10. The lowest BCUT2D eigenvalue weighted by molar-refractivity contribution is -0.139. The third-order valence-corrected chi connectivity index (χ3v) is 3.54. The largest absolute Gasteiger partial charge is 0.480 e. The summed E-state index contributed by atoms with van der Waals surface area (Å²) in [5.74, 6) is -1.52. The second kappa shape index (κ2) is 6.36. The molecule has 0 fully saturated rings. The lowest BCUT2D eigenvalue weighted by Crippen LogP contribution is -2.42. The summed E-state index contributed by atoms with van der Waals surface area (Å²) in [6, 6.07) is 17.0. The van der Waals surface area contributed by atoms with Crippen LogP contribution in [0.25, 0.3) is 11.0 Å². The van der Waals surface area contributed by atoms with E-state index in [0.717, 1.165) is 10.9 Å². The van der Waals surface area contributed by atoms with Gasteiger partial charge in [-0.05, 0) is 17.7 Å². The van der Waals surface area contributed by atoms with Crippen LogP contribution in [0.5, 0.6) is 0 Å². The summed E-state index contributed by atoms with van der Waals surface area (Å²) in [4.78, 5) is 23.6. The first-order valence-corrected chi connectivity index (χ1v) is 7.19. The highest BCUT2D eigenvalue weighted by atomic mass is 16.4. The van der Waals surface area contributed by atoms with E-state index in [1.165, 1.54) is 0 Å². The topological polar surface area (TPSA) is 79.5 Å². The normalized spacial score (nSPS) is 12.0. The van der Waals surface area contributed by atoms with E-state index in [4.69, 9.17) is 4.42 Å². The summed E-state index contributed by atoms with van der Waals surface area (Å²) in [6.07, 6.45) is 0.210. The number of fused-ring (bicyclic) bond motifs is 1. The molecule has 5 heteroatoms. The third-order valence-electron chi connectivity index (χ3n) is 3.54. The number of furan rings is 1. The fourth-order valence-electron chi connectivity index (χ4n) is 2.37. The average Bonchev–Trinajstić information content (AvgIpc) is 2.99. The van der Waals surface area contributed by atoms with Crippen molar-refractivity contribution in [3.63, 3.8) is 0 Å². The molecule has 0 aliphatic carbocycles. The zero-order valence-corrected chi connectivity index (χ0v) is 12.2. The van der Waals surface area contributed by atoms with Gasteiger partial charge in [0.2, 0.25) is 0 Å². The number of aliphatic carboxylic acids is 1. The Morgan fingerprint density at radius 1 is 1.04 bits per heavy atom. The molecule has 23 heavy (non-hydrogen) atoms. The maximum absolute atomic E-state index is 12.3. The van der Waals surface area contributed by atoms with E-state index in [-0.39, 0.29) is 12.2 Å². The number of amides is 1. The number of hydrogen-bond acceptors (Lipinski definition) is 3. The molecule has 0 aliphatic heterocycles. The molecule has 3 rings (SSSR count). The molecule has 3 aromatic rings. The van der Waals surface area contributed by atoms with Crippen molar-refractivity contribution in [1.29, 1.82) is 0 Å².